The molecule has 0 saturated carbocycles. The molecule has 3 N–H and O–H groups in total. The second kappa shape index (κ2) is 15.2. The standard InChI is InChI=1S/C33H41N5O5S/c1-21(2)10-12-25(29(39)33(4)20-43-33)36-31(41)27(18-24-14-16-34-17-15-24)38-30(40)26(13-11-23-8-6-5-7-9-23)37-32(42)28-19-35-22(3)44-28/h5-9,14-17,19,21,25-27H,10-13,18,20H2,1-4H3,(H,36,41)(H,37,42)(H,38,40)/t25-,26-,27-,33+/m0/s1. The SMILES string of the molecule is Cc1ncc(C(=O)N[C@@H](CCc2ccccc2)C(=O)N[C@@H](Cc2ccncc2)C(=O)N[C@@H](CCC(C)C)C(=O)[C@@]2(C)CO2)s1. The predicted octanol–water partition coefficient (Wildman–Crippen LogP) is 3.58. The Kier molecular flexibility index (Phi) is 11.4. The van der Waals surface area contributed by atoms with Crippen LogP contribution in [0, 0.1) is 12.8 Å². The summed E-state index contributed by atoms with van der Waals surface area (Å²) in [5.74, 6) is -1.22. The van der Waals surface area contributed by atoms with Gasteiger partial charge in [-0.1, -0.05) is 44.2 Å². The number of thiazole rings is 1. The summed E-state index contributed by atoms with van der Waals surface area (Å²) in [4.78, 5) is 62.6. The summed E-state index contributed by atoms with van der Waals surface area (Å²) in [6.07, 6.45) is 6.94. The van der Waals surface area contributed by atoms with Crippen LogP contribution in [0.2, 0.25) is 0 Å². The minimum Gasteiger partial charge on any atom is -0.361 e. The molecule has 0 unspecified atom stereocenters. The number of amides is 3. The number of aryl methyl sites for hydroxylation is 2. The van der Waals surface area contributed by atoms with Crippen molar-refractivity contribution in [3.8, 4) is 0 Å². The first-order valence-corrected chi connectivity index (χ1v) is 15.8. The molecule has 0 bridgehead atoms. The number of nitrogens with one attached hydrogen (secondary N) is 3. The zero-order valence-electron chi connectivity index (χ0n) is 25.7. The fourth-order valence-electron chi connectivity index (χ4n) is 4.82. The molecule has 1 saturated heterocycles. The summed E-state index contributed by atoms with van der Waals surface area (Å²) in [6.45, 7) is 7.97. The molecule has 0 radical (unpaired) electrons. The van der Waals surface area contributed by atoms with Gasteiger partial charge in [0.25, 0.3) is 5.91 Å². The third kappa shape index (κ3) is 9.52. The number of benzene rings is 1. The van der Waals surface area contributed by atoms with Gasteiger partial charge in [0.05, 0.1) is 23.9 Å². The van der Waals surface area contributed by atoms with Gasteiger partial charge in [-0.3, -0.25) is 24.2 Å². The number of carbonyl (C=O) groups excluding carboxylic acids is 4. The van der Waals surface area contributed by atoms with Crippen LogP contribution >= 0.6 is 11.3 Å². The molecule has 0 spiro atoms. The molecule has 10 nitrogen and oxygen atoms in total. The van der Waals surface area contributed by atoms with Crippen molar-refractivity contribution in [2.45, 2.75) is 83.5 Å². The third-order valence-corrected chi connectivity index (χ3v) is 8.53. The molecule has 11 heteroatoms. The fraction of sp³-hybridized carbons (Fsp3) is 0.455. The zero-order valence-corrected chi connectivity index (χ0v) is 26.5. The van der Waals surface area contributed by atoms with Crippen molar-refractivity contribution in [3.63, 3.8) is 0 Å². The second-order valence-corrected chi connectivity index (χ2v) is 13.1. The summed E-state index contributed by atoms with van der Waals surface area (Å²) in [5, 5.41) is 9.39. The Morgan fingerprint density at radius 3 is 2.16 bits per heavy atom. The Balaban J connectivity index is 1.54. The summed E-state index contributed by atoms with van der Waals surface area (Å²) >= 11 is 1.24. The maximum atomic E-state index is 13.8. The van der Waals surface area contributed by atoms with E-state index in [1.54, 1.807) is 38.4 Å². The Morgan fingerprint density at radius 2 is 1.55 bits per heavy atom. The van der Waals surface area contributed by atoms with E-state index in [0.29, 0.717) is 36.7 Å². The molecule has 4 rings (SSSR count). The maximum absolute atomic E-state index is 13.8. The monoisotopic (exact) mass is 619 g/mol. The van der Waals surface area contributed by atoms with Crippen molar-refractivity contribution < 1.29 is 23.9 Å². The van der Waals surface area contributed by atoms with Crippen LogP contribution in [0.3, 0.4) is 0 Å². The predicted molar refractivity (Wildman–Crippen MR) is 168 cm³/mol. The topological polar surface area (TPSA) is 143 Å². The molecular weight excluding hydrogens is 578 g/mol. The number of hydrogen-bond donors (Lipinski definition) is 3. The summed E-state index contributed by atoms with van der Waals surface area (Å²) < 4.78 is 5.40. The molecule has 4 atom stereocenters. The van der Waals surface area contributed by atoms with Gasteiger partial charge in [-0.25, -0.2) is 4.98 Å². The van der Waals surface area contributed by atoms with E-state index in [1.807, 2.05) is 30.3 Å². The summed E-state index contributed by atoms with van der Waals surface area (Å²) in [7, 11) is 0. The first-order chi connectivity index (χ1) is 21.0. The highest BCUT2D eigenvalue weighted by Crippen LogP contribution is 2.29. The first kappa shape index (κ1) is 32.9. The Morgan fingerprint density at radius 1 is 0.886 bits per heavy atom. The number of hydrogen-bond acceptors (Lipinski definition) is 8. The molecule has 3 heterocycles. The van der Waals surface area contributed by atoms with Gasteiger partial charge in [0, 0.05) is 18.8 Å². The van der Waals surface area contributed by atoms with E-state index >= 15 is 0 Å². The smallest absolute Gasteiger partial charge is 0.263 e. The Hall–Kier alpha value is -3.96. The van der Waals surface area contributed by atoms with E-state index in [4.69, 9.17) is 4.74 Å². The van der Waals surface area contributed by atoms with Gasteiger partial charge in [-0.05, 0) is 68.7 Å². The lowest BCUT2D eigenvalue weighted by molar-refractivity contribution is -0.133. The normalized spacial score (nSPS) is 17.8. The van der Waals surface area contributed by atoms with Gasteiger partial charge in [0.1, 0.15) is 22.6 Å². The molecule has 2 aromatic heterocycles. The molecule has 0 aliphatic carbocycles. The van der Waals surface area contributed by atoms with Crippen LogP contribution < -0.4 is 16.0 Å². The molecule has 44 heavy (non-hydrogen) atoms. The number of ether oxygens (including phenoxy) is 1. The van der Waals surface area contributed by atoms with Crippen LogP contribution in [-0.4, -0.2) is 63.8 Å². The average Bonchev–Trinajstić information content (AvgIpc) is 3.62. The van der Waals surface area contributed by atoms with E-state index in [0.717, 1.165) is 22.6 Å². The Bertz CT molecular complexity index is 1420. The van der Waals surface area contributed by atoms with Gasteiger partial charge in [-0.2, -0.15) is 0 Å². The number of ketones is 1. The van der Waals surface area contributed by atoms with Gasteiger partial charge < -0.3 is 20.7 Å². The minimum absolute atomic E-state index is 0.173. The van der Waals surface area contributed by atoms with Crippen molar-refractivity contribution in [2.24, 2.45) is 5.92 Å². The van der Waals surface area contributed by atoms with Crippen LogP contribution in [-0.2, 0) is 32.0 Å². The minimum atomic E-state index is -1.01. The lowest BCUT2D eigenvalue weighted by Crippen LogP contribution is -2.57. The van der Waals surface area contributed by atoms with Gasteiger partial charge >= 0.3 is 0 Å². The summed E-state index contributed by atoms with van der Waals surface area (Å²) in [5.41, 5.74) is 0.898. The van der Waals surface area contributed by atoms with Crippen molar-refractivity contribution in [3.05, 3.63) is 82.1 Å². The first-order valence-electron chi connectivity index (χ1n) is 15.0. The number of rotatable bonds is 16. The fourth-order valence-corrected chi connectivity index (χ4v) is 5.50. The molecule has 234 valence electrons. The largest absolute Gasteiger partial charge is 0.361 e. The van der Waals surface area contributed by atoms with Crippen molar-refractivity contribution in [1.29, 1.82) is 0 Å². The third-order valence-electron chi connectivity index (χ3n) is 7.62. The highest BCUT2D eigenvalue weighted by molar-refractivity contribution is 7.13. The zero-order chi connectivity index (χ0) is 31.7. The molecular formula is C33H41N5O5S. The van der Waals surface area contributed by atoms with Gasteiger partial charge in [-0.15, -0.1) is 11.3 Å². The van der Waals surface area contributed by atoms with E-state index < -0.39 is 41.4 Å². The number of pyridine rings is 1. The molecule has 3 amide bonds. The molecule has 1 aromatic carbocycles. The second-order valence-electron chi connectivity index (χ2n) is 11.8. The van der Waals surface area contributed by atoms with E-state index in [9.17, 15) is 19.2 Å². The van der Waals surface area contributed by atoms with Crippen LogP contribution in [0.4, 0.5) is 0 Å². The number of aromatic nitrogens is 2. The number of nitrogens with zero attached hydrogens (tertiary/aromatic N) is 2. The van der Waals surface area contributed by atoms with Crippen molar-refractivity contribution in [2.75, 3.05) is 6.61 Å². The molecule has 1 aliphatic rings. The Labute approximate surface area is 262 Å². The van der Waals surface area contributed by atoms with Crippen LogP contribution in [0.5, 0.6) is 0 Å². The van der Waals surface area contributed by atoms with E-state index in [-0.39, 0.29) is 12.2 Å². The average molecular weight is 620 g/mol. The van der Waals surface area contributed by atoms with Crippen molar-refractivity contribution >= 4 is 34.8 Å². The van der Waals surface area contributed by atoms with E-state index in [1.165, 1.54) is 17.5 Å². The van der Waals surface area contributed by atoms with E-state index in [2.05, 4.69) is 39.8 Å². The lowest BCUT2D eigenvalue weighted by atomic mass is 9.93. The van der Waals surface area contributed by atoms with Gasteiger partial charge in [0.15, 0.2) is 5.78 Å². The molecule has 1 aliphatic heterocycles. The summed E-state index contributed by atoms with van der Waals surface area (Å²) in [6, 6.07) is 10.5. The highest BCUT2D eigenvalue weighted by atomic mass is 32.1. The van der Waals surface area contributed by atoms with Crippen LogP contribution in [0.1, 0.15) is 65.8 Å². The van der Waals surface area contributed by atoms with Crippen molar-refractivity contribution in [1.82, 2.24) is 25.9 Å². The number of carbonyl (C=O) groups is 4. The van der Waals surface area contributed by atoms with Crippen LogP contribution in [0.15, 0.2) is 61.1 Å². The van der Waals surface area contributed by atoms with Gasteiger partial charge in [0.2, 0.25) is 11.8 Å². The van der Waals surface area contributed by atoms with Crippen LogP contribution in [0.25, 0.3) is 0 Å². The number of epoxide rings is 1. The quantitative estimate of drug-likeness (QED) is 0.208. The number of Topliss-reactive ketones (excluding diaryl/α,β-unsaturated/α-hetero) is 1. The maximum Gasteiger partial charge on any atom is 0.263 e. The lowest BCUT2D eigenvalue weighted by Gasteiger charge is -2.26. The molecule has 3 aromatic rings. The highest BCUT2D eigenvalue weighted by Gasteiger charge is 2.50. The molecule has 1 fully saturated rings.